The van der Waals surface area contributed by atoms with E-state index in [1.54, 1.807) is 6.07 Å². The minimum absolute atomic E-state index is 0. The Bertz CT molecular complexity index is 185. The summed E-state index contributed by atoms with van der Waals surface area (Å²) in [4.78, 5) is 10.3. The first-order valence-corrected chi connectivity index (χ1v) is 2.58. The zero-order chi connectivity index (χ0) is 7.98. The van der Waals surface area contributed by atoms with Gasteiger partial charge in [-0.3, -0.25) is 0 Å². The van der Waals surface area contributed by atoms with Crippen LogP contribution in [-0.2, 0) is 9.53 Å². The van der Waals surface area contributed by atoms with Crippen molar-refractivity contribution in [3.05, 3.63) is 12.3 Å². The Hall–Kier alpha value is 0.136. The van der Waals surface area contributed by atoms with Crippen LogP contribution < -0.4 is 56.5 Å². The van der Waals surface area contributed by atoms with Gasteiger partial charge in [0.1, 0.15) is 6.61 Å². The molecule has 0 saturated carbocycles. The van der Waals surface area contributed by atoms with Crippen LogP contribution in [0, 0.1) is 11.3 Å². The molecule has 0 amide bonds. The van der Waals surface area contributed by atoms with Crippen molar-refractivity contribution in [2.75, 3.05) is 6.61 Å². The van der Waals surface area contributed by atoms with Crippen LogP contribution in [0.2, 0.25) is 0 Å². The van der Waals surface area contributed by atoms with Crippen molar-refractivity contribution in [3.8, 4) is 6.07 Å². The number of carbonyl (C=O) groups is 1. The van der Waals surface area contributed by atoms with Gasteiger partial charge in [-0.2, -0.15) is 5.26 Å². The van der Waals surface area contributed by atoms with E-state index in [1.807, 2.05) is 0 Å². The van der Waals surface area contributed by atoms with E-state index in [2.05, 4.69) is 11.3 Å². The Morgan fingerprint density at radius 3 is 2.64 bits per heavy atom. The van der Waals surface area contributed by atoms with Crippen molar-refractivity contribution in [1.29, 1.82) is 5.26 Å². The monoisotopic (exact) mass is 179 g/mol. The fraction of sp³-hybridized carbons (Fsp3) is 0.333. The summed E-state index contributed by atoms with van der Waals surface area (Å²) >= 11 is 0. The Kier molecular flexibility index (Phi) is 10.3. The van der Waals surface area contributed by atoms with Crippen LogP contribution in [0.25, 0.3) is 0 Å². The van der Waals surface area contributed by atoms with Gasteiger partial charge in [-0.15, -0.1) is 0 Å². The predicted molar refractivity (Wildman–Crippen MR) is 30.3 cm³/mol. The number of rotatable bonds is 3. The number of nitrogens with zero attached hydrogens (tertiary/aromatic N) is 1. The quantitative estimate of drug-likeness (QED) is 0.147. The van der Waals surface area contributed by atoms with Crippen LogP contribution in [0.4, 0.5) is 0 Å². The Morgan fingerprint density at radius 1 is 1.73 bits per heavy atom. The molecule has 0 radical (unpaired) electrons. The molecule has 0 aromatic carbocycles. The Labute approximate surface area is 107 Å². The molecule has 0 spiro atoms. The summed E-state index contributed by atoms with van der Waals surface area (Å²) in [7, 11) is 0. The maximum Gasteiger partial charge on any atom is 1.00 e. The fourth-order valence-electron chi connectivity index (χ4n) is 0.270. The molecule has 54 valence electrons. The van der Waals surface area contributed by atoms with Gasteiger partial charge in [0.05, 0.1) is 12.5 Å². The molecule has 0 saturated heterocycles. The van der Waals surface area contributed by atoms with E-state index in [4.69, 9.17) is 5.26 Å². The third-order valence-electron chi connectivity index (χ3n) is 0.675. The van der Waals surface area contributed by atoms with Gasteiger partial charge in [-0.25, -0.2) is 4.79 Å². The summed E-state index contributed by atoms with van der Waals surface area (Å²) in [6.07, 6.45) is 0.0962. The SMILES string of the molecule is C=C([O-])C(=O)OCCC#N.[K+]. The molecule has 0 N–H and O–H groups in total. The number of hydrogen-bond donors (Lipinski definition) is 0. The molecule has 0 bridgehead atoms. The zero-order valence-corrected chi connectivity index (χ0v) is 9.42. The summed E-state index contributed by atoms with van der Waals surface area (Å²) in [5, 5.41) is 18.0. The second kappa shape index (κ2) is 8.24. The summed E-state index contributed by atoms with van der Waals surface area (Å²) in [6, 6.07) is 1.75. The van der Waals surface area contributed by atoms with Gasteiger partial charge < -0.3 is 9.84 Å². The topological polar surface area (TPSA) is 73.2 Å². The van der Waals surface area contributed by atoms with Gasteiger partial charge in [0, 0.05) is 0 Å². The van der Waals surface area contributed by atoms with Crippen LogP contribution in [0.3, 0.4) is 0 Å². The molecule has 0 aromatic heterocycles. The minimum atomic E-state index is -0.991. The standard InChI is InChI=1S/C6H7NO3.K/c1-5(8)6(9)10-4-2-3-7;/h8H,1-2,4H2;/q;+1/p-1. The van der Waals surface area contributed by atoms with Gasteiger partial charge in [-0.1, -0.05) is 6.58 Å². The molecule has 0 atom stereocenters. The van der Waals surface area contributed by atoms with E-state index in [9.17, 15) is 9.90 Å². The largest absolute Gasteiger partial charge is 1.00 e. The molecule has 0 heterocycles. The van der Waals surface area contributed by atoms with Gasteiger partial charge in [-0.05, 0) is 5.76 Å². The summed E-state index contributed by atoms with van der Waals surface area (Å²) in [5.74, 6) is -1.88. The van der Waals surface area contributed by atoms with E-state index < -0.39 is 11.7 Å². The summed E-state index contributed by atoms with van der Waals surface area (Å²) in [6.45, 7) is 2.78. The normalized spacial score (nSPS) is 7.18. The second-order valence-electron chi connectivity index (χ2n) is 1.47. The first-order chi connectivity index (χ1) is 4.68. The van der Waals surface area contributed by atoms with E-state index >= 15 is 0 Å². The smallest absolute Gasteiger partial charge is 0.868 e. The van der Waals surface area contributed by atoms with E-state index in [0.717, 1.165) is 0 Å². The third-order valence-corrected chi connectivity index (χ3v) is 0.675. The molecule has 0 rings (SSSR count). The van der Waals surface area contributed by atoms with Gasteiger partial charge in [0.25, 0.3) is 0 Å². The molecular formula is C6H6KNO3. The molecule has 0 aliphatic carbocycles. The van der Waals surface area contributed by atoms with Crippen LogP contribution >= 0.6 is 0 Å². The van der Waals surface area contributed by atoms with Crippen molar-refractivity contribution < 1.29 is 66.0 Å². The van der Waals surface area contributed by atoms with Crippen molar-refractivity contribution in [1.82, 2.24) is 0 Å². The fourth-order valence-corrected chi connectivity index (χ4v) is 0.270. The Balaban J connectivity index is 0. The number of nitriles is 1. The van der Waals surface area contributed by atoms with Crippen LogP contribution in [0.15, 0.2) is 12.3 Å². The molecule has 0 aliphatic rings. The van der Waals surface area contributed by atoms with Crippen molar-refractivity contribution in [2.45, 2.75) is 6.42 Å². The average Bonchev–Trinajstić information content (AvgIpc) is 1.88. The second-order valence-corrected chi connectivity index (χ2v) is 1.47. The molecule has 5 heteroatoms. The number of ether oxygens (including phenoxy) is 1. The van der Waals surface area contributed by atoms with Crippen LogP contribution in [0.1, 0.15) is 6.42 Å². The molecular weight excluding hydrogens is 173 g/mol. The average molecular weight is 179 g/mol. The van der Waals surface area contributed by atoms with Crippen molar-refractivity contribution in [3.63, 3.8) is 0 Å². The molecule has 11 heavy (non-hydrogen) atoms. The van der Waals surface area contributed by atoms with E-state index in [-0.39, 0.29) is 64.4 Å². The molecule has 0 aliphatic heterocycles. The van der Waals surface area contributed by atoms with Crippen molar-refractivity contribution in [2.24, 2.45) is 0 Å². The van der Waals surface area contributed by atoms with Crippen LogP contribution in [0.5, 0.6) is 0 Å². The molecule has 0 unspecified atom stereocenters. The van der Waals surface area contributed by atoms with Crippen molar-refractivity contribution >= 4 is 5.97 Å². The van der Waals surface area contributed by atoms with E-state index in [0.29, 0.717) is 0 Å². The maximum absolute atomic E-state index is 10.3. The maximum atomic E-state index is 10.3. The molecule has 4 nitrogen and oxygen atoms in total. The minimum Gasteiger partial charge on any atom is -0.868 e. The van der Waals surface area contributed by atoms with Gasteiger partial charge in [0.15, 0.2) is 0 Å². The summed E-state index contributed by atoms with van der Waals surface area (Å²) in [5.41, 5.74) is 0. The zero-order valence-electron chi connectivity index (χ0n) is 6.29. The van der Waals surface area contributed by atoms with Crippen LogP contribution in [-0.4, -0.2) is 12.6 Å². The number of hydrogen-bond acceptors (Lipinski definition) is 4. The molecule has 0 fully saturated rings. The van der Waals surface area contributed by atoms with E-state index in [1.165, 1.54) is 0 Å². The molecule has 0 aromatic rings. The first-order valence-electron chi connectivity index (χ1n) is 2.58. The van der Waals surface area contributed by atoms with Gasteiger partial charge >= 0.3 is 57.4 Å². The first kappa shape index (κ1) is 13.7. The third kappa shape index (κ3) is 8.04. The Morgan fingerprint density at radius 2 is 2.27 bits per heavy atom. The number of carbonyl (C=O) groups excluding carboxylic acids is 1. The predicted octanol–water partition coefficient (Wildman–Crippen LogP) is -3.68. The van der Waals surface area contributed by atoms with Gasteiger partial charge in [0.2, 0.25) is 0 Å². The summed E-state index contributed by atoms with van der Waals surface area (Å²) < 4.78 is 4.27. The number of esters is 1.